The molecule has 0 saturated carbocycles. The lowest BCUT2D eigenvalue weighted by Crippen LogP contribution is -2.23. The number of carbonyl (C=O) groups is 2. The Hall–Kier alpha value is -1.58. The molecule has 0 heterocycles. The van der Waals surface area contributed by atoms with E-state index in [1.165, 1.54) is 102 Å². The molecule has 180 valence electrons. The molecule has 0 aromatic heterocycles. The summed E-state index contributed by atoms with van der Waals surface area (Å²) in [5.74, 6) is 0.0553. The molecule has 0 aliphatic rings. The molecular formula is C27H50N2O2. The van der Waals surface area contributed by atoms with Crippen molar-refractivity contribution < 1.29 is 9.59 Å². The zero-order valence-electron chi connectivity index (χ0n) is 20.6. The average molecular weight is 435 g/mol. The van der Waals surface area contributed by atoms with Gasteiger partial charge in [-0.1, -0.05) is 103 Å². The second kappa shape index (κ2) is 23.1. The molecule has 0 spiro atoms. The van der Waals surface area contributed by atoms with E-state index in [0.29, 0.717) is 0 Å². The van der Waals surface area contributed by atoms with Gasteiger partial charge in [-0.3, -0.25) is 9.59 Å². The van der Waals surface area contributed by atoms with Crippen LogP contribution in [-0.4, -0.2) is 36.9 Å². The van der Waals surface area contributed by atoms with Crippen molar-refractivity contribution in [2.24, 2.45) is 0 Å². The molecule has 0 aromatic rings. The molecule has 4 nitrogen and oxygen atoms in total. The maximum atomic E-state index is 11.6. The minimum absolute atomic E-state index is 0.0608. The zero-order valence-corrected chi connectivity index (χ0v) is 20.6. The van der Waals surface area contributed by atoms with E-state index >= 15 is 0 Å². The number of hydrogen-bond acceptors (Lipinski definition) is 2. The molecule has 31 heavy (non-hydrogen) atoms. The van der Waals surface area contributed by atoms with Gasteiger partial charge in [0.25, 0.3) is 0 Å². The molecule has 0 radical (unpaired) electrons. The lowest BCUT2D eigenvalue weighted by molar-refractivity contribution is -0.124. The quantitative estimate of drug-likeness (QED) is 0.148. The molecular weight excluding hydrogens is 384 g/mol. The first kappa shape index (κ1) is 29.4. The van der Waals surface area contributed by atoms with E-state index in [-0.39, 0.29) is 11.8 Å². The van der Waals surface area contributed by atoms with Crippen molar-refractivity contribution in [1.29, 1.82) is 0 Å². The van der Waals surface area contributed by atoms with Crippen LogP contribution in [0.1, 0.15) is 116 Å². The van der Waals surface area contributed by atoms with Crippen molar-refractivity contribution in [2.75, 3.05) is 20.1 Å². The highest BCUT2D eigenvalue weighted by Crippen LogP contribution is 2.14. The van der Waals surface area contributed by atoms with E-state index in [1.54, 1.807) is 11.0 Å². The van der Waals surface area contributed by atoms with Gasteiger partial charge >= 0.3 is 0 Å². The van der Waals surface area contributed by atoms with Crippen molar-refractivity contribution in [1.82, 2.24) is 10.2 Å². The Balaban J connectivity index is 3.17. The summed E-state index contributed by atoms with van der Waals surface area (Å²) in [7, 11) is 1.84. The highest BCUT2D eigenvalue weighted by Gasteiger charge is 2.00. The van der Waals surface area contributed by atoms with Gasteiger partial charge in [0, 0.05) is 20.1 Å². The van der Waals surface area contributed by atoms with Crippen LogP contribution >= 0.6 is 0 Å². The minimum atomic E-state index is -0.0608. The number of amides is 2. The molecule has 0 aromatic carbocycles. The predicted molar refractivity (Wildman–Crippen MR) is 134 cm³/mol. The van der Waals surface area contributed by atoms with E-state index in [4.69, 9.17) is 0 Å². The number of likely N-dealkylation sites (N-methyl/N-ethyl adjacent to an activating group) is 1. The molecule has 0 saturated heterocycles. The Bertz CT molecular complexity index is 474. The van der Waals surface area contributed by atoms with Crippen molar-refractivity contribution in [3.8, 4) is 0 Å². The summed E-state index contributed by atoms with van der Waals surface area (Å²) < 4.78 is 0. The molecule has 0 aliphatic heterocycles. The predicted octanol–water partition coefficient (Wildman–Crippen LogP) is 6.95. The molecule has 1 N–H and O–H groups in total. The zero-order chi connectivity index (χ0) is 23.0. The molecule has 0 fully saturated rings. The summed E-state index contributed by atoms with van der Waals surface area (Å²) in [4.78, 5) is 24.4. The monoisotopic (exact) mass is 434 g/mol. The average Bonchev–Trinajstić information content (AvgIpc) is 2.78. The molecule has 2 amide bonds. The first-order chi connectivity index (χ1) is 15.1. The Morgan fingerprint density at radius 1 is 0.742 bits per heavy atom. The maximum absolute atomic E-state index is 11.6. The summed E-state index contributed by atoms with van der Waals surface area (Å²) >= 11 is 0. The van der Waals surface area contributed by atoms with Gasteiger partial charge in [-0.15, -0.1) is 0 Å². The summed E-state index contributed by atoms with van der Waals surface area (Å²) in [6, 6.07) is 0. The highest BCUT2D eigenvalue weighted by atomic mass is 16.2. The summed E-state index contributed by atoms with van der Waals surface area (Å²) in [5, 5.41) is 2.83. The summed E-state index contributed by atoms with van der Waals surface area (Å²) in [6.07, 6.45) is 27.3. The highest BCUT2D eigenvalue weighted by molar-refractivity contribution is 5.87. The van der Waals surface area contributed by atoms with Gasteiger partial charge in [0.05, 0.1) is 0 Å². The van der Waals surface area contributed by atoms with Crippen LogP contribution in [0.4, 0.5) is 0 Å². The van der Waals surface area contributed by atoms with Crippen LogP contribution in [0.3, 0.4) is 0 Å². The number of nitrogens with one attached hydrogen (secondary N) is 1. The largest absolute Gasteiger partial charge is 0.353 e. The fraction of sp³-hybridized carbons (Fsp3) is 0.778. The molecule has 0 rings (SSSR count). The summed E-state index contributed by atoms with van der Waals surface area (Å²) in [6.45, 7) is 6.99. The minimum Gasteiger partial charge on any atom is -0.353 e. The third-order valence-electron chi connectivity index (χ3n) is 5.89. The van der Waals surface area contributed by atoms with E-state index in [9.17, 15) is 9.59 Å². The smallest absolute Gasteiger partial charge is 0.245 e. The number of allylic oxidation sites excluding steroid dienone is 1. The van der Waals surface area contributed by atoms with Crippen molar-refractivity contribution in [3.05, 3.63) is 24.8 Å². The number of unbranched alkanes of at least 4 members (excludes halogenated alkanes) is 16. The van der Waals surface area contributed by atoms with Gasteiger partial charge < -0.3 is 10.2 Å². The van der Waals surface area contributed by atoms with E-state index in [2.05, 4.69) is 11.9 Å². The molecule has 0 aliphatic carbocycles. The second-order valence-corrected chi connectivity index (χ2v) is 8.70. The number of carbonyl (C=O) groups excluding carboxylic acids is 2. The van der Waals surface area contributed by atoms with Crippen LogP contribution in [0.15, 0.2) is 24.8 Å². The number of rotatable bonds is 22. The van der Waals surface area contributed by atoms with Crippen LogP contribution in [0.25, 0.3) is 0 Å². The van der Waals surface area contributed by atoms with Crippen molar-refractivity contribution in [3.63, 3.8) is 0 Å². The molecule has 4 heteroatoms. The van der Waals surface area contributed by atoms with E-state index in [0.717, 1.165) is 25.9 Å². The first-order valence-corrected chi connectivity index (χ1v) is 12.9. The standard InChI is InChI=1S/C27H50N2O2/c1-4-26(30)28-25-23-21-19-17-15-13-11-9-7-6-8-10-12-14-16-18-20-22-24-27(31)29(3)5-2/h4,22,24H,1,5-21,23,25H2,2-3H3,(H,28,30)/b24-22+. The maximum Gasteiger partial charge on any atom is 0.245 e. The van der Waals surface area contributed by atoms with Crippen LogP contribution in [0, 0.1) is 0 Å². The van der Waals surface area contributed by atoms with Gasteiger partial charge in [0.15, 0.2) is 0 Å². The SMILES string of the molecule is C=CC(=O)NCCCCCCCCCCCCCCCCCC/C=C/C(=O)N(C)CC. The van der Waals surface area contributed by atoms with Crippen LogP contribution in [0.5, 0.6) is 0 Å². The Labute approximate surface area is 192 Å². The molecule has 0 unspecified atom stereocenters. The second-order valence-electron chi connectivity index (χ2n) is 8.70. The van der Waals surface area contributed by atoms with Crippen molar-refractivity contribution in [2.45, 2.75) is 116 Å². The van der Waals surface area contributed by atoms with Gasteiger partial charge in [-0.25, -0.2) is 0 Å². The van der Waals surface area contributed by atoms with E-state index < -0.39 is 0 Å². The lowest BCUT2D eigenvalue weighted by atomic mass is 10.0. The Morgan fingerprint density at radius 2 is 1.16 bits per heavy atom. The van der Waals surface area contributed by atoms with Gasteiger partial charge in [0.1, 0.15) is 0 Å². The summed E-state index contributed by atoms with van der Waals surface area (Å²) in [5.41, 5.74) is 0. The fourth-order valence-electron chi connectivity index (χ4n) is 3.61. The molecule has 0 bridgehead atoms. The van der Waals surface area contributed by atoms with Crippen LogP contribution in [0.2, 0.25) is 0 Å². The fourth-order valence-corrected chi connectivity index (χ4v) is 3.61. The van der Waals surface area contributed by atoms with Crippen LogP contribution in [-0.2, 0) is 9.59 Å². The normalized spacial score (nSPS) is 11.0. The van der Waals surface area contributed by atoms with Crippen LogP contribution < -0.4 is 5.32 Å². The third-order valence-corrected chi connectivity index (χ3v) is 5.89. The van der Waals surface area contributed by atoms with E-state index in [1.807, 2.05) is 20.0 Å². The van der Waals surface area contributed by atoms with Gasteiger partial charge in [-0.05, 0) is 38.3 Å². The Kier molecular flexibility index (Phi) is 21.9. The number of nitrogens with zero attached hydrogens (tertiary/aromatic N) is 1. The topological polar surface area (TPSA) is 49.4 Å². The van der Waals surface area contributed by atoms with Gasteiger partial charge in [0.2, 0.25) is 11.8 Å². The Morgan fingerprint density at radius 3 is 1.58 bits per heavy atom. The lowest BCUT2D eigenvalue weighted by Gasteiger charge is -2.10. The third kappa shape index (κ3) is 21.4. The molecule has 0 atom stereocenters. The van der Waals surface area contributed by atoms with Crippen molar-refractivity contribution >= 4 is 11.8 Å². The van der Waals surface area contributed by atoms with Gasteiger partial charge in [-0.2, -0.15) is 0 Å². The number of hydrogen-bond donors (Lipinski definition) is 1. The first-order valence-electron chi connectivity index (χ1n) is 12.9.